The molecule has 2 aromatic heterocycles. The van der Waals surface area contributed by atoms with Crippen LogP contribution in [0.1, 0.15) is 31.1 Å². The fraction of sp³-hybridized carbons (Fsp3) is 0.300. The van der Waals surface area contributed by atoms with E-state index in [0.29, 0.717) is 0 Å². The summed E-state index contributed by atoms with van der Waals surface area (Å²) in [7, 11) is -1.15. The minimum Gasteiger partial charge on any atom is -0.321 e. The second-order valence-electron chi connectivity index (χ2n) is 8.26. The molecular formula is C20H22ClN5O5S. The average Bonchev–Trinajstić information content (AvgIpc) is 2.69. The normalized spacial score (nSPS) is 12.2. The van der Waals surface area contributed by atoms with Gasteiger partial charge in [0.25, 0.3) is 11.5 Å². The van der Waals surface area contributed by atoms with Crippen molar-refractivity contribution in [1.82, 2.24) is 18.8 Å². The van der Waals surface area contributed by atoms with Gasteiger partial charge in [-0.15, -0.1) is 0 Å². The lowest BCUT2D eigenvalue weighted by Crippen LogP contribution is -2.40. The number of halogens is 1. The molecule has 0 aliphatic heterocycles. The Morgan fingerprint density at radius 3 is 2.38 bits per heavy atom. The molecule has 1 aromatic carbocycles. The molecule has 10 nitrogen and oxygen atoms in total. The number of hydrogen-bond donors (Lipinski definition) is 2. The SMILES string of the molecule is Cn1c(=O)c2cc(NC(=O)c3ccc(Cl)c(S(=O)(=O)NC(C)(C)C)c3)cnc2n(C)c1=O. The Kier molecular flexibility index (Phi) is 6.02. The van der Waals surface area contributed by atoms with Crippen molar-refractivity contribution in [2.45, 2.75) is 31.2 Å². The zero-order valence-electron chi connectivity index (χ0n) is 18.1. The van der Waals surface area contributed by atoms with Crippen molar-refractivity contribution in [2.24, 2.45) is 14.1 Å². The lowest BCUT2D eigenvalue weighted by molar-refractivity contribution is 0.102. The summed E-state index contributed by atoms with van der Waals surface area (Å²) in [4.78, 5) is 41.1. The first-order valence-electron chi connectivity index (χ1n) is 9.42. The number of sulfonamides is 1. The molecule has 2 N–H and O–H groups in total. The molecule has 32 heavy (non-hydrogen) atoms. The molecule has 0 aliphatic rings. The summed E-state index contributed by atoms with van der Waals surface area (Å²) in [5.41, 5.74) is -1.42. The van der Waals surface area contributed by atoms with E-state index in [4.69, 9.17) is 11.6 Å². The minimum atomic E-state index is -3.98. The van der Waals surface area contributed by atoms with Crippen LogP contribution in [0.3, 0.4) is 0 Å². The summed E-state index contributed by atoms with van der Waals surface area (Å²) in [5.74, 6) is -0.628. The summed E-state index contributed by atoms with van der Waals surface area (Å²) in [6.07, 6.45) is 1.30. The molecule has 0 fully saturated rings. The Morgan fingerprint density at radius 1 is 1.09 bits per heavy atom. The average molecular weight is 480 g/mol. The number of carbonyl (C=O) groups excluding carboxylic acids is 1. The highest BCUT2D eigenvalue weighted by Gasteiger charge is 2.25. The molecule has 0 radical (unpaired) electrons. The van der Waals surface area contributed by atoms with E-state index in [-0.39, 0.29) is 32.2 Å². The van der Waals surface area contributed by atoms with E-state index in [0.717, 1.165) is 4.57 Å². The number of benzene rings is 1. The molecule has 1 amide bonds. The van der Waals surface area contributed by atoms with E-state index >= 15 is 0 Å². The highest BCUT2D eigenvalue weighted by Crippen LogP contribution is 2.24. The number of pyridine rings is 1. The van der Waals surface area contributed by atoms with Gasteiger partial charge in [-0.2, -0.15) is 0 Å². The standard InChI is InChI=1S/C20H22ClN5O5S/c1-20(2,3)24-32(30,31)15-8-11(6-7-14(15)21)17(27)23-12-9-13-16(22-10-12)25(4)19(29)26(5)18(13)28/h6-10,24H,1-5H3,(H,23,27). The highest BCUT2D eigenvalue weighted by molar-refractivity contribution is 7.89. The Hall–Kier alpha value is -3.02. The summed E-state index contributed by atoms with van der Waals surface area (Å²) in [6.45, 7) is 5.05. The number of anilines is 1. The summed E-state index contributed by atoms with van der Waals surface area (Å²) < 4.78 is 30.0. The molecule has 0 atom stereocenters. The van der Waals surface area contributed by atoms with Gasteiger partial charge in [0.1, 0.15) is 10.5 Å². The number of nitrogens with one attached hydrogen (secondary N) is 2. The maximum Gasteiger partial charge on any atom is 0.332 e. The lowest BCUT2D eigenvalue weighted by atomic mass is 10.1. The second-order valence-corrected chi connectivity index (χ2v) is 10.3. The van der Waals surface area contributed by atoms with E-state index in [1.807, 2.05) is 0 Å². The number of carbonyl (C=O) groups is 1. The molecule has 0 aliphatic carbocycles. The summed E-state index contributed by atoms with van der Waals surface area (Å²) in [6, 6.07) is 5.27. The van der Waals surface area contributed by atoms with E-state index in [1.165, 1.54) is 49.1 Å². The number of aryl methyl sites for hydroxylation is 1. The van der Waals surface area contributed by atoms with Crippen molar-refractivity contribution < 1.29 is 13.2 Å². The number of nitrogens with zero attached hydrogens (tertiary/aromatic N) is 3. The van der Waals surface area contributed by atoms with Gasteiger partial charge in [0.15, 0.2) is 0 Å². The molecule has 2 heterocycles. The molecule has 170 valence electrons. The third kappa shape index (κ3) is 4.59. The number of hydrogen-bond acceptors (Lipinski definition) is 6. The van der Waals surface area contributed by atoms with Crippen LogP contribution in [-0.4, -0.2) is 34.0 Å². The number of amides is 1. The monoisotopic (exact) mass is 479 g/mol. The predicted octanol–water partition coefficient (Wildman–Crippen LogP) is 1.61. The van der Waals surface area contributed by atoms with Crippen molar-refractivity contribution in [3.05, 3.63) is 61.9 Å². The smallest absolute Gasteiger partial charge is 0.321 e. The minimum absolute atomic E-state index is 0.0323. The molecule has 0 unspecified atom stereocenters. The van der Waals surface area contributed by atoms with Crippen molar-refractivity contribution in [3.63, 3.8) is 0 Å². The van der Waals surface area contributed by atoms with Gasteiger partial charge >= 0.3 is 5.69 Å². The zero-order chi connectivity index (χ0) is 24.0. The maximum atomic E-state index is 12.8. The Morgan fingerprint density at radius 2 is 1.75 bits per heavy atom. The second kappa shape index (κ2) is 8.15. The first-order valence-corrected chi connectivity index (χ1v) is 11.3. The first kappa shape index (κ1) is 23.6. The molecule has 0 saturated carbocycles. The van der Waals surface area contributed by atoms with Gasteiger partial charge in [0, 0.05) is 25.2 Å². The maximum absolute atomic E-state index is 12.8. The molecular weight excluding hydrogens is 458 g/mol. The molecule has 0 bridgehead atoms. The molecule has 0 spiro atoms. The van der Waals surface area contributed by atoms with E-state index in [9.17, 15) is 22.8 Å². The van der Waals surface area contributed by atoms with Crippen LogP contribution in [0.5, 0.6) is 0 Å². The third-order valence-corrected chi connectivity index (χ3v) is 6.71. The van der Waals surface area contributed by atoms with Gasteiger partial charge in [-0.25, -0.2) is 22.9 Å². The predicted molar refractivity (Wildman–Crippen MR) is 122 cm³/mol. The van der Waals surface area contributed by atoms with Crippen molar-refractivity contribution >= 4 is 44.3 Å². The van der Waals surface area contributed by atoms with Gasteiger partial charge in [-0.3, -0.25) is 18.7 Å². The largest absolute Gasteiger partial charge is 0.332 e. The van der Waals surface area contributed by atoms with Crippen molar-refractivity contribution in [3.8, 4) is 0 Å². The van der Waals surface area contributed by atoms with Crippen LogP contribution in [0.4, 0.5) is 5.69 Å². The van der Waals surface area contributed by atoms with Crippen molar-refractivity contribution in [2.75, 3.05) is 5.32 Å². The highest BCUT2D eigenvalue weighted by atomic mass is 35.5. The fourth-order valence-electron chi connectivity index (χ4n) is 3.05. The van der Waals surface area contributed by atoms with Gasteiger partial charge < -0.3 is 5.32 Å². The van der Waals surface area contributed by atoms with Crippen molar-refractivity contribution in [1.29, 1.82) is 0 Å². The van der Waals surface area contributed by atoms with Gasteiger partial charge in [0.2, 0.25) is 10.0 Å². The van der Waals surface area contributed by atoms with Crippen LogP contribution in [0.2, 0.25) is 5.02 Å². The third-order valence-electron chi connectivity index (χ3n) is 4.47. The Bertz CT molecular complexity index is 1470. The summed E-state index contributed by atoms with van der Waals surface area (Å²) in [5, 5.41) is 2.69. The number of aromatic nitrogens is 3. The topological polar surface area (TPSA) is 132 Å². The van der Waals surface area contributed by atoms with E-state index in [1.54, 1.807) is 20.8 Å². The zero-order valence-corrected chi connectivity index (χ0v) is 19.6. The van der Waals surface area contributed by atoms with Crippen LogP contribution < -0.4 is 21.3 Å². The molecule has 3 aromatic rings. The van der Waals surface area contributed by atoms with Gasteiger partial charge in [-0.1, -0.05) is 11.6 Å². The van der Waals surface area contributed by atoms with Crippen LogP contribution in [0.25, 0.3) is 11.0 Å². The van der Waals surface area contributed by atoms with Crippen LogP contribution in [-0.2, 0) is 24.1 Å². The molecule has 3 rings (SSSR count). The molecule has 0 saturated heterocycles. The number of fused-ring (bicyclic) bond motifs is 1. The van der Waals surface area contributed by atoms with Gasteiger partial charge in [0.05, 0.1) is 22.3 Å². The van der Waals surface area contributed by atoms with Crippen LogP contribution >= 0.6 is 11.6 Å². The Labute approximate surface area is 188 Å². The molecule has 12 heteroatoms. The van der Waals surface area contributed by atoms with E-state index in [2.05, 4.69) is 15.0 Å². The van der Waals surface area contributed by atoms with Crippen LogP contribution in [0.15, 0.2) is 44.9 Å². The fourth-order valence-corrected chi connectivity index (χ4v) is 4.99. The quantitative estimate of drug-likeness (QED) is 0.584. The first-order chi connectivity index (χ1) is 14.7. The van der Waals surface area contributed by atoms with E-state index < -0.39 is 32.7 Å². The summed E-state index contributed by atoms with van der Waals surface area (Å²) >= 11 is 6.07. The Balaban J connectivity index is 1.99. The lowest BCUT2D eigenvalue weighted by Gasteiger charge is -2.21. The number of rotatable bonds is 4. The van der Waals surface area contributed by atoms with Crippen LogP contribution in [0, 0.1) is 0 Å². The van der Waals surface area contributed by atoms with Gasteiger partial charge in [-0.05, 0) is 45.0 Å².